The van der Waals surface area contributed by atoms with Crippen molar-refractivity contribution >= 4 is 40.6 Å². The van der Waals surface area contributed by atoms with Crippen LogP contribution in [0.2, 0.25) is 5.02 Å². The normalized spacial score (nSPS) is 19.1. The second kappa shape index (κ2) is 11.5. The highest BCUT2D eigenvalue weighted by Gasteiger charge is 2.32. The molecule has 2 aromatic carbocycles. The largest absolute Gasteiger partial charge is 0.355 e. The topological polar surface area (TPSA) is 94.9 Å². The van der Waals surface area contributed by atoms with Crippen LogP contribution in [0.15, 0.2) is 60.8 Å². The first-order chi connectivity index (χ1) is 19.9. The lowest BCUT2D eigenvalue weighted by molar-refractivity contribution is 0.0607. The van der Waals surface area contributed by atoms with Crippen molar-refractivity contribution in [2.75, 3.05) is 36.9 Å². The molecule has 2 atom stereocenters. The molecule has 2 aromatic heterocycles. The minimum Gasteiger partial charge on any atom is -0.355 e. The first-order valence-electron chi connectivity index (χ1n) is 14.2. The Morgan fingerprint density at radius 1 is 1.02 bits per heavy atom. The molecular formula is C31H34ClN7O2. The molecule has 6 rings (SSSR count). The van der Waals surface area contributed by atoms with E-state index < -0.39 is 0 Å². The fourth-order valence-corrected chi connectivity index (χ4v) is 6.09. The Balaban J connectivity index is 1.29. The Morgan fingerprint density at radius 2 is 1.85 bits per heavy atom. The van der Waals surface area contributed by atoms with E-state index in [1.165, 1.54) is 0 Å². The maximum Gasteiger partial charge on any atom is 0.256 e. The van der Waals surface area contributed by atoms with Gasteiger partial charge in [-0.15, -0.1) is 0 Å². The van der Waals surface area contributed by atoms with Crippen molar-refractivity contribution in [2.24, 2.45) is 0 Å². The van der Waals surface area contributed by atoms with Gasteiger partial charge in [-0.1, -0.05) is 29.8 Å². The number of carbonyl (C=O) groups is 2. The van der Waals surface area contributed by atoms with E-state index in [0.717, 1.165) is 61.5 Å². The number of halogens is 1. The lowest BCUT2D eigenvalue weighted by Gasteiger charge is -2.35. The maximum absolute atomic E-state index is 14.1. The number of nitrogens with zero attached hydrogens (tertiary/aromatic N) is 5. The number of piperidine rings is 1. The number of amides is 2. The van der Waals surface area contributed by atoms with Gasteiger partial charge in [-0.3, -0.25) is 9.59 Å². The van der Waals surface area contributed by atoms with Crippen molar-refractivity contribution in [1.82, 2.24) is 24.8 Å². The van der Waals surface area contributed by atoms with Gasteiger partial charge >= 0.3 is 0 Å². The average Bonchev–Trinajstić information content (AvgIpc) is 3.64. The van der Waals surface area contributed by atoms with E-state index in [9.17, 15) is 9.59 Å². The van der Waals surface area contributed by atoms with Crippen LogP contribution in [-0.2, 0) is 0 Å². The molecule has 2 aliphatic heterocycles. The molecule has 4 aromatic rings. The van der Waals surface area contributed by atoms with Crippen LogP contribution in [0.5, 0.6) is 0 Å². The summed E-state index contributed by atoms with van der Waals surface area (Å²) >= 11 is 6.35. The molecule has 0 spiro atoms. The van der Waals surface area contributed by atoms with Gasteiger partial charge in [0.2, 0.25) is 0 Å². The van der Waals surface area contributed by atoms with Crippen molar-refractivity contribution in [3.8, 4) is 0 Å². The third-order valence-corrected chi connectivity index (χ3v) is 8.36. The van der Waals surface area contributed by atoms with Crippen molar-refractivity contribution in [3.63, 3.8) is 0 Å². The second-order valence-electron chi connectivity index (χ2n) is 10.9. The Bertz CT molecular complexity index is 1590. The molecule has 2 N–H and O–H groups in total. The number of nitrogens with one attached hydrogen (secondary N) is 2. The van der Waals surface area contributed by atoms with Crippen molar-refractivity contribution in [2.45, 2.75) is 44.7 Å². The average molecular weight is 572 g/mol. The Kier molecular flexibility index (Phi) is 7.64. The summed E-state index contributed by atoms with van der Waals surface area (Å²) < 4.78 is 1.82. The Labute approximate surface area is 244 Å². The monoisotopic (exact) mass is 571 g/mol. The van der Waals surface area contributed by atoms with Gasteiger partial charge in [0.15, 0.2) is 5.65 Å². The number of likely N-dealkylation sites (tertiary alicyclic amines) is 1. The number of anilines is 2. The number of aromatic nitrogens is 3. The molecule has 9 nitrogen and oxygen atoms in total. The highest BCUT2D eigenvalue weighted by molar-refractivity contribution is 6.31. The van der Waals surface area contributed by atoms with Gasteiger partial charge in [-0.05, 0) is 70.0 Å². The van der Waals surface area contributed by atoms with E-state index in [1.807, 2.05) is 34.8 Å². The molecule has 10 heteroatoms. The molecule has 0 bridgehead atoms. The van der Waals surface area contributed by atoms with E-state index in [-0.39, 0.29) is 17.9 Å². The highest BCUT2D eigenvalue weighted by atomic mass is 35.5. The van der Waals surface area contributed by atoms with Crippen LogP contribution in [0.1, 0.15) is 63.7 Å². The first kappa shape index (κ1) is 27.2. The summed E-state index contributed by atoms with van der Waals surface area (Å²) in [6.07, 6.45) is 5.79. The van der Waals surface area contributed by atoms with E-state index in [2.05, 4.69) is 22.5 Å². The zero-order valence-electron chi connectivity index (χ0n) is 23.3. The summed E-state index contributed by atoms with van der Waals surface area (Å²) in [6.45, 7) is 4.54. The summed E-state index contributed by atoms with van der Waals surface area (Å²) in [6, 6.07) is 16.2. The number of likely N-dealkylation sites (N-methyl/N-ethyl adjacent to an activating group) is 1. The van der Waals surface area contributed by atoms with E-state index >= 15 is 0 Å². The standard InChI is InChI=1S/C31H34ClN7O2/c1-20-18-39-28(35-29(20)37-15-13-23(19-37)33-2)17-26(36-39)27-10-6-7-14-38(27)31(41)24-16-22(32)11-12-25(24)34-30(40)21-8-4-3-5-9-21/h3-5,8-9,11-12,16-18,23,27,33H,6-7,10,13-15,19H2,1-2H3,(H,34,40)/t23-,27-/m0/s1. The fraction of sp³-hybridized carbons (Fsp3) is 0.355. The molecule has 2 fully saturated rings. The number of rotatable bonds is 6. The molecule has 2 amide bonds. The number of aryl methyl sites for hydroxylation is 1. The van der Waals surface area contributed by atoms with E-state index in [0.29, 0.717) is 34.4 Å². The van der Waals surface area contributed by atoms with Crippen LogP contribution < -0.4 is 15.5 Å². The quantitative estimate of drug-likeness (QED) is 0.334. The maximum atomic E-state index is 14.1. The molecule has 2 saturated heterocycles. The lowest BCUT2D eigenvalue weighted by atomic mass is 9.97. The van der Waals surface area contributed by atoms with Gasteiger partial charge in [-0.25, -0.2) is 9.50 Å². The molecule has 0 radical (unpaired) electrons. The number of fused-ring (bicyclic) bond motifs is 1. The van der Waals surface area contributed by atoms with Gasteiger partial charge in [-0.2, -0.15) is 5.10 Å². The minimum atomic E-state index is -0.284. The smallest absolute Gasteiger partial charge is 0.256 e. The molecular weight excluding hydrogens is 538 g/mol. The SMILES string of the molecule is CN[C@H]1CCN(c2nc3cc([C@@H]4CCCCN4C(=O)c4cc(Cl)ccc4NC(=O)c4ccccc4)nn3cc2C)C1. The van der Waals surface area contributed by atoms with Crippen LogP contribution in [-0.4, -0.2) is 64.0 Å². The summed E-state index contributed by atoms with van der Waals surface area (Å²) in [5.41, 5.74) is 3.96. The molecule has 0 aliphatic carbocycles. The van der Waals surface area contributed by atoms with Crippen molar-refractivity contribution in [1.29, 1.82) is 0 Å². The third-order valence-electron chi connectivity index (χ3n) is 8.12. The number of carbonyl (C=O) groups excluding carboxylic acids is 2. The van der Waals surface area contributed by atoms with Gasteiger partial charge in [0, 0.05) is 54.1 Å². The van der Waals surface area contributed by atoms with Gasteiger partial charge in [0.05, 0.1) is 23.0 Å². The van der Waals surface area contributed by atoms with Crippen LogP contribution in [0.3, 0.4) is 0 Å². The molecule has 0 saturated carbocycles. The first-order valence-corrected chi connectivity index (χ1v) is 14.5. The summed E-state index contributed by atoms with van der Waals surface area (Å²) in [5, 5.41) is 11.6. The molecule has 41 heavy (non-hydrogen) atoms. The van der Waals surface area contributed by atoms with Crippen LogP contribution in [0, 0.1) is 6.92 Å². The predicted molar refractivity (Wildman–Crippen MR) is 161 cm³/mol. The van der Waals surface area contributed by atoms with Crippen LogP contribution in [0.25, 0.3) is 5.65 Å². The summed E-state index contributed by atoms with van der Waals surface area (Å²) in [5.74, 6) is 0.516. The molecule has 2 aliphatic rings. The van der Waals surface area contributed by atoms with Crippen molar-refractivity contribution in [3.05, 3.63) is 88.2 Å². The van der Waals surface area contributed by atoms with Gasteiger partial charge < -0.3 is 20.4 Å². The zero-order valence-corrected chi connectivity index (χ0v) is 24.1. The second-order valence-corrected chi connectivity index (χ2v) is 11.3. The highest BCUT2D eigenvalue weighted by Crippen LogP contribution is 2.34. The lowest BCUT2D eigenvalue weighted by Crippen LogP contribution is -2.39. The third kappa shape index (κ3) is 5.52. The predicted octanol–water partition coefficient (Wildman–Crippen LogP) is 5.11. The Hall–Kier alpha value is -3.95. The van der Waals surface area contributed by atoms with Crippen molar-refractivity contribution < 1.29 is 9.59 Å². The fourth-order valence-electron chi connectivity index (χ4n) is 5.91. The molecule has 4 heterocycles. The summed E-state index contributed by atoms with van der Waals surface area (Å²) in [4.78, 5) is 36.2. The molecule has 212 valence electrons. The number of benzene rings is 2. The van der Waals surface area contributed by atoms with Crippen LogP contribution in [0.4, 0.5) is 11.5 Å². The summed E-state index contributed by atoms with van der Waals surface area (Å²) in [7, 11) is 2.00. The zero-order chi connectivity index (χ0) is 28.5. The van der Waals surface area contributed by atoms with Gasteiger partial charge in [0.25, 0.3) is 11.8 Å². The Morgan fingerprint density at radius 3 is 2.63 bits per heavy atom. The van der Waals surface area contributed by atoms with E-state index in [4.69, 9.17) is 21.7 Å². The van der Waals surface area contributed by atoms with E-state index in [1.54, 1.807) is 42.5 Å². The van der Waals surface area contributed by atoms with Gasteiger partial charge in [0.1, 0.15) is 5.82 Å². The molecule has 0 unspecified atom stereocenters. The number of hydrogen-bond acceptors (Lipinski definition) is 6. The van der Waals surface area contributed by atoms with Crippen LogP contribution >= 0.6 is 11.6 Å². The minimum absolute atomic E-state index is 0.183. The number of hydrogen-bond donors (Lipinski definition) is 2.